The van der Waals surface area contributed by atoms with Gasteiger partial charge in [0.05, 0.1) is 6.61 Å². The summed E-state index contributed by atoms with van der Waals surface area (Å²) < 4.78 is 10.8. The van der Waals surface area contributed by atoms with Gasteiger partial charge in [-0.2, -0.15) is 0 Å². The molecule has 0 aromatic rings. The van der Waals surface area contributed by atoms with E-state index < -0.39 is 5.97 Å². The van der Waals surface area contributed by atoms with Gasteiger partial charge in [0.2, 0.25) is 0 Å². The topological polar surface area (TPSA) is 67.8 Å². The van der Waals surface area contributed by atoms with Crippen molar-refractivity contribution in [2.75, 3.05) is 33.4 Å². The Hall–Kier alpha value is -0.910. The van der Waals surface area contributed by atoms with E-state index in [-0.39, 0.29) is 5.60 Å². The van der Waals surface area contributed by atoms with E-state index in [1.807, 2.05) is 6.92 Å². The number of methoxy groups -OCH3 is 1. The summed E-state index contributed by atoms with van der Waals surface area (Å²) in [7, 11) is 1.68. The second kappa shape index (κ2) is 6.74. The number of carbonyl (C=O) groups is 1. The number of aliphatic carboxylic acids is 1. The van der Waals surface area contributed by atoms with Crippen LogP contribution in [-0.2, 0) is 14.3 Å². The standard InChI is InChI=1S/C12H21NO4/c1-3-10(11(14)15)4-6-13-8-12(16-2)5-7-17-9-12/h4,13H,3,5-9H2,1-2H3,(H,14,15). The Morgan fingerprint density at radius 3 is 2.88 bits per heavy atom. The van der Waals surface area contributed by atoms with E-state index in [2.05, 4.69) is 5.32 Å². The lowest BCUT2D eigenvalue weighted by molar-refractivity contribution is -0.132. The summed E-state index contributed by atoms with van der Waals surface area (Å²) in [5, 5.41) is 12.0. The van der Waals surface area contributed by atoms with Crippen molar-refractivity contribution in [1.29, 1.82) is 0 Å². The molecule has 1 saturated heterocycles. The quantitative estimate of drug-likeness (QED) is 0.511. The Balaban J connectivity index is 2.34. The minimum Gasteiger partial charge on any atom is -0.478 e. The second-order valence-electron chi connectivity index (χ2n) is 4.21. The van der Waals surface area contributed by atoms with E-state index in [9.17, 15) is 4.79 Å². The zero-order valence-electron chi connectivity index (χ0n) is 10.5. The maximum atomic E-state index is 10.8. The van der Waals surface area contributed by atoms with Crippen LogP contribution in [0.2, 0.25) is 0 Å². The molecule has 0 aromatic carbocycles. The van der Waals surface area contributed by atoms with Crippen LogP contribution in [0.15, 0.2) is 11.6 Å². The number of hydrogen-bond donors (Lipinski definition) is 2. The normalized spacial score (nSPS) is 25.2. The average molecular weight is 243 g/mol. The van der Waals surface area contributed by atoms with Crippen molar-refractivity contribution in [3.8, 4) is 0 Å². The lowest BCUT2D eigenvalue weighted by Crippen LogP contribution is -2.43. The van der Waals surface area contributed by atoms with Crippen molar-refractivity contribution in [2.24, 2.45) is 0 Å². The van der Waals surface area contributed by atoms with Crippen LogP contribution in [0.4, 0.5) is 0 Å². The van der Waals surface area contributed by atoms with E-state index in [0.717, 1.165) is 13.0 Å². The van der Waals surface area contributed by atoms with Crippen LogP contribution in [-0.4, -0.2) is 50.1 Å². The molecular weight excluding hydrogens is 222 g/mol. The first-order valence-corrected chi connectivity index (χ1v) is 5.89. The largest absolute Gasteiger partial charge is 0.478 e. The molecule has 2 N–H and O–H groups in total. The molecule has 0 aliphatic carbocycles. The maximum absolute atomic E-state index is 10.8. The molecule has 1 heterocycles. The van der Waals surface area contributed by atoms with Gasteiger partial charge in [0.15, 0.2) is 0 Å². The fourth-order valence-corrected chi connectivity index (χ4v) is 1.84. The highest BCUT2D eigenvalue weighted by Gasteiger charge is 2.34. The summed E-state index contributed by atoms with van der Waals surface area (Å²) in [5.74, 6) is -0.847. The van der Waals surface area contributed by atoms with E-state index in [1.54, 1.807) is 13.2 Å². The SMILES string of the molecule is CCC(=CCNCC1(OC)CCOC1)C(=O)O. The minimum atomic E-state index is -0.847. The summed E-state index contributed by atoms with van der Waals surface area (Å²) in [4.78, 5) is 10.8. The highest BCUT2D eigenvalue weighted by atomic mass is 16.5. The molecule has 1 unspecified atom stereocenters. The monoisotopic (exact) mass is 243 g/mol. The summed E-state index contributed by atoms with van der Waals surface area (Å²) in [6, 6.07) is 0. The molecular formula is C12H21NO4. The molecule has 0 aromatic heterocycles. The van der Waals surface area contributed by atoms with Gasteiger partial charge in [-0.1, -0.05) is 13.0 Å². The molecule has 5 heteroatoms. The van der Waals surface area contributed by atoms with Crippen molar-refractivity contribution in [3.05, 3.63) is 11.6 Å². The van der Waals surface area contributed by atoms with Crippen LogP contribution in [0.1, 0.15) is 19.8 Å². The van der Waals surface area contributed by atoms with Gasteiger partial charge >= 0.3 is 5.97 Å². The van der Waals surface area contributed by atoms with Gasteiger partial charge in [0.25, 0.3) is 0 Å². The molecule has 1 aliphatic rings. The molecule has 1 fully saturated rings. The molecule has 1 rings (SSSR count). The summed E-state index contributed by atoms with van der Waals surface area (Å²) >= 11 is 0. The molecule has 0 radical (unpaired) electrons. The third-order valence-corrected chi connectivity index (χ3v) is 3.10. The van der Waals surface area contributed by atoms with Gasteiger partial charge in [-0.15, -0.1) is 0 Å². The van der Waals surface area contributed by atoms with Gasteiger partial charge in [0.1, 0.15) is 5.60 Å². The van der Waals surface area contributed by atoms with Crippen LogP contribution in [0.5, 0.6) is 0 Å². The fraction of sp³-hybridized carbons (Fsp3) is 0.750. The minimum absolute atomic E-state index is 0.247. The smallest absolute Gasteiger partial charge is 0.331 e. The molecule has 98 valence electrons. The molecule has 1 aliphatic heterocycles. The number of rotatable bonds is 7. The summed E-state index contributed by atoms with van der Waals surface area (Å²) in [6.45, 7) is 4.37. The van der Waals surface area contributed by atoms with E-state index >= 15 is 0 Å². The van der Waals surface area contributed by atoms with Crippen LogP contribution in [0.3, 0.4) is 0 Å². The van der Waals surface area contributed by atoms with Crippen LogP contribution >= 0.6 is 0 Å². The third-order valence-electron chi connectivity index (χ3n) is 3.10. The lowest BCUT2D eigenvalue weighted by Gasteiger charge is -2.25. The van der Waals surface area contributed by atoms with Crippen molar-refractivity contribution in [2.45, 2.75) is 25.4 Å². The number of nitrogens with one attached hydrogen (secondary N) is 1. The maximum Gasteiger partial charge on any atom is 0.331 e. The Labute approximate surface area is 102 Å². The highest BCUT2D eigenvalue weighted by molar-refractivity contribution is 5.86. The van der Waals surface area contributed by atoms with Gasteiger partial charge in [0, 0.05) is 38.8 Å². The van der Waals surface area contributed by atoms with Gasteiger partial charge in [-0.05, 0) is 6.42 Å². The number of carboxylic acids is 1. The Bertz CT molecular complexity index is 282. The molecule has 5 nitrogen and oxygen atoms in total. The number of carboxylic acid groups (broad SMARTS) is 1. The summed E-state index contributed by atoms with van der Waals surface area (Å²) in [6.07, 6.45) is 3.12. The van der Waals surface area contributed by atoms with Crippen molar-refractivity contribution in [3.63, 3.8) is 0 Å². The first kappa shape index (κ1) is 14.2. The fourth-order valence-electron chi connectivity index (χ4n) is 1.84. The van der Waals surface area contributed by atoms with E-state index in [1.165, 1.54) is 0 Å². The number of ether oxygens (including phenoxy) is 2. The lowest BCUT2D eigenvalue weighted by atomic mass is 10.0. The van der Waals surface area contributed by atoms with Gasteiger partial charge < -0.3 is 19.9 Å². The molecule has 0 spiro atoms. The summed E-state index contributed by atoms with van der Waals surface area (Å²) in [5.41, 5.74) is 0.190. The zero-order valence-corrected chi connectivity index (χ0v) is 10.5. The molecule has 0 saturated carbocycles. The van der Waals surface area contributed by atoms with Crippen molar-refractivity contribution in [1.82, 2.24) is 5.32 Å². The molecule has 17 heavy (non-hydrogen) atoms. The van der Waals surface area contributed by atoms with Gasteiger partial charge in [-0.3, -0.25) is 0 Å². The third kappa shape index (κ3) is 4.11. The van der Waals surface area contributed by atoms with E-state index in [0.29, 0.717) is 31.7 Å². The van der Waals surface area contributed by atoms with Crippen molar-refractivity contribution < 1.29 is 19.4 Å². The molecule has 0 amide bonds. The Kier molecular flexibility index (Phi) is 5.61. The highest BCUT2D eigenvalue weighted by Crippen LogP contribution is 2.21. The Morgan fingerprint density at radius 2 is 2.41 bits per heavy atom. The zero-order chi connectivity index (χ0) is 12.7. The predicted molar refractivity (Wildman–Crippen MR) is 64.1 cm³/mol. The second-order valence-corrected chi connectivity index (χ2v) is 4.21. The number of hydrogen-bond acceptors (Lipinski definition) is 4. The molecule has 1 atom stereocenters. The van der Waals surface area contributed by atoms with Crippen molar-refractivity contribution >= 4 is 5.97 Å². The van der Waals surface area contributed by atoms with Crippen LogP contribution in [0.25, 0.3) is 0 Å². The Morgan fingerprint density at radius 1 is 1.65 bits per heavy atom. The predicted octanol–water partition coefficient (Wildman–Crippen LogP) is 0.802. The van der Waals surface area contributed by atoms with Gasteiger partial charge in [-0.25, -0.2) is 4.79 Å². The van der Waals surface area contributed by atoms with Crippen LogP contribution < -0.4 is 5.32 Å². The average Bonchev–Trinajstić information content (AvgIpc) is 2.78. The first-order valence-electron chi connectivity index (χ1n) is 5.89. The first-order chi connectivity index (χ1) is 8.13. The van der Waals surface area contributed by atoms with Crippen LogP contribution in [0, 0.1) is 0 Å². The van der Waals surface area contributed by atoms with E-state index in [4.69, 9.17) is 14.6 Å². The molecule has 0 bridgehead atoms.